The highest BCUT2D eigenvalue weighted by Crippen LogP contribution is 2.35. The second kappa shape index (κ2) is 8.20. The zero-order valence-electron chi connectivity index (χ0n) is 17.1. The van der Waals surface area contributed by atoms with Crippen LogP contribution in [0.15, 0.2) is 41.3 Å². The van der Waals surface area contributed by atoms with Crippen molar-refractivity contribution < 1.29 is 32.2 Å². The molecule has 4 rings (SSSR count). The van der Waals surface area contributed by atoms with Gasteiger partial charge in [-0.2, -0.15) is 0 Å². The minimum absolute atomic E-state index is 0.0817. The van der Waals surface area contributed by atoms with Crippen LogP contribution in [-0.2, 0) is 19.6 Å². The number of ether oxygens (including phenoxy) is 3. The third-order valence-corrected chi connectivity index (χ3v) is 6.69. The molecule has 31 heavy (non-hydrogen) atoms. The lowest BCUT2D eigenvalue weighted by molar-refractivity contribution is -0.121. The monoisotopic (exact) mass is 446 g/mol. The normalized spacial score (nSPS) is 17.0. The molecular weight excluding hydrogens is 424 g/mol. The number of methoxy groups -OCH3 is 1. The maximum atomic E-state index is 13.0. The molecule has 2 aromatic rings. The molecule has 164 valence electrons. The number of benzene rings is 2. The smallest absolute Gasteiger partial charge is 0.241 e. The number of nitrogens with one attached hydrogen (secondary N) is 1. The molecule has 0 aliphatic carbocycles. The van der Waals surface area contributed by atoms with Crippen molar-refractivity contribution in [2.75, 3.05) is 25.2 Å². The molecule has 0 bridgehead atoms. The van der Waals surface area contributed by atoms with Crippen LogP contribution in [0.4, 0.5) is 5.69 Å². The number of fused-ring (bicyclic) bond motifs is 1. The lowest BCUT2D eigenvalue weighted by atomic mass is 10.1. The van der Waals surface area contributed by atoms with Crippen molar-refractivity contribution in [3.05, 3.63) is 42.0 Å². The van der Waals surface area contributed by atoms with Crippen LogP contribution in [0.5, 0.6) is 17.2 Å². The van der Waals surface area contributed by atoms with Crippen LogP contribution >= 0.6 is 0 Å². The third-order valence-electron chi connectivity index (χ3n) is 5.15. The van der Waals surface area contributed by atoms with E-state index in [1.165, 1.54) is 25.3 Å². The number of nitrogens with zero attached hydrogens (tertiary/aromatic N) is 1. The second-order valence-electron chi connectivity index (χ2n) is 7.20. The first kappa shape index (κ1) is 21.1. The standard InChI is InChI=1S/C21H22N2O7S/c1-13(14-3-5-18-19(11-14)30-10-9-29-18)22-31(26,27)15-4-6-17(28-2)16(12-15)23-20(24)7-8-21(23)25/h3-6,11-13,22H,7-10H2,1-2H3/t13-/m1/s1. The Kier molecular flexibility index (Phi) is 5.59. The Balaban J connectivity index is 1.62. The number of hydrogen-bond donors (Lipinski definition) is 1. The second-order valence-corrected chi connectivity index (χ2v) is 8.92. The summed E-state index contributed by atoms with van der Waals surface area (Å²) in [5, 5.41) is 0. The lowest BCUT2D eigenvalue weighted by Crippen LogP contribution is -2.30. The van der Waals surface area contributed by atoms with Gasteiger partial charge in [0.15, 0.2) is 11.5 Å². The van der Waals surface area contributed by atoms with E-state index in [0.29, 0.717) is 30.3 Å². The molecule has 2 aliphatic heterocycles. The molecule has 1 fully saturated rings. The summed E-state index contributed by atoms with van der Waals surface area (Å²) in [6.07, 6.45) is 0.163. The van der Waals surface area contributed by atoms with Crippen molar-refractivity contribution in [2.24, 2.45) is 0 Å². The summed E-state index contributed by atoms with van der Waals surface area (Å²) in [6.45, 7) is 2.61. The van der Waals surface area contributed by atoms with Crippen molar-refractivity contribution in [3.8, 4) is 17.2 Å². The number of carbonyl (C=O) groups is 2. The van der Waals surface area contributed by atoms with Crippen LogP contribution in [0.25, 0.3) is 0 Å². The zero-order chi connectivity index (χ0) is 22.2. The molecule has 0 unspecified atom stereocenters. The molecule has 2 aromatic carbocycles. The Morgan fingerprint density at radius 3 is 2.35 bits per heavy atom. The van der Waals surface area contributed by atoms with E-state index in [1.807, 2.05) is 0 Å². The van der Waals surface area contributed by atoms with E-state index < -0.39 is 27.9 Å². The number of hydrogen-bond acceptors (Lipinski definition) is 7. The molecule has 10 heteroatoms. The number of amides is 2. The zero-order valence-corrected chi connectivity index (χ0v) is 17.9. The SMILES string of the molecule is COc1ccc(S(=O)(=O)N[C@H](C)c2ccc3c(c2)OCCO3)cc1N1C(=O)CCC1=O. The van der Waals surface area contributed by atoms with Crippen LogP contribution in [0.1, 0.15) is 31.4 Å². The van der Waals surface area contributed by atoms with Crippen LogP contribution in [0.3, 0.4) is 0 Å². The van der Waals surface area contributed by atoms with Gasteiger partial charge in [0.2, 0.25) is 21.8 Å². The number of rotatable bonds is 6. The van der Waals surface area contributed by atoms with Crippen LogP contribution in [-0.4, -0.2) is 40.6 Å². The van der Waals surface area contributed by atoms with Gasteiger partial charge in [0.25, 0.3) is 0 Å². The first-order valence-corrected chi connectivity index (χ1v) is 11.2. The van der Waals surface area contributed by atoms with Gasteiger partial charge >= 0.3 is 0 Å². The van der Waals surface area contributed by atoms with E-state index in [0.717, 1.165) is 4.90 Å². The molecule has 2 heterocycles. The fourth-order valence-corrected chi connectivity index (χ4v) is 4.81. The third kappa shape index (κ3) is 4.08. The number of anilines is 1. The molecule has 0 aromatic heterocycles. The number of sulfonamides is 1. The Morgan fingerprint density at radius 2 is 1.68 bits per heavy atom. The van der Waals surface area contributed by atoms with E-state index in [2.05, 4.69) is 4.72 Å². The average molecular weight is 446 g/mol. The number of imide groups is 1. The van der Waals surface area contributed by atoms with Crippen LogP contribution in [0, 0.1) is 0 Å². The van der Waals surface area contributed by atoms with E-state index in [1.54, 1.807) is 25.1 Å². The topological polar surface area (TPSA) is 111 Å². The van der Waals surface area contributed by atoms with Gasteiger partial charge in [0, 0.05) is 18.9 Å². The largest absolute Gasteiger partial charge is 0.495 e. The predicted octanol–water partition coefficient (Wildman–Crippen LogP) is 2.16. The highest BCUT2D eigenvalue weighted by atomic mass is 32.2. The molecule has 2 amide bonds. The van der Waals surface area contributed by atoms with Crippen molar-refractivity contribution in [3.63, 3.8) is 0 Å². The van der Waals surface area contributed by atoms with Gasteiger partial charge in [-0.15, -0.1) is 0 Å². The fraction of sp³-hybridized carbons (Fsp3) is 0.333. The van der Waals surface area contributed by atoms with Crippen molar-refractivity contribution in [1.29, 1.82) is 0 Å². The quantitative estimate of drug-likeness (QED) is 0.677. The summed E-state index contributed by atoms with van der Waals surface area (Å²) in [6, 6.07) is 8.75. The van der Waals surface area contributed by atoms with Gasteiger partial charge < -0.3 is 14.2 Å². The number of carbonyl (C=O) groups excluding carboxylic acids is 2. The van der Waals surface area contributed by atoms with Gasteiger partial charge in [-0.3, -0.25) is 9.59 Å². The summed E-state index contributed by atoms with van der Waals surface area (Å²) in [5.41, 5.74) is 0.816. The molecule has 0 radical (unpaired) electrons. The van der Waals surface area contributed by atoms with Crippen molar-refractivity contribution in [2.45, 2.75) is 30.7 Å². The van der Waals surface area contributed by atoms with E-state index in [4.69, 9.17) is 14.2 Å². The Labute approximate surface area is 179 Å². The Hall–Kier alpha value is -3.11. The predicted molar refractivity (Wildman–Crippen MR) is 111 cm³/mol. The van der Waals surface area contributed by atoms with Crippen molar-refractivity contribution >= 4 is 27.5 Å². The highest BCUT2D eigenvalue weighted by molar-refractivity contribution is 7.89. The van der Waals surface area contributed by atoms with Crippen molar-refractivity contribution in [1.82, 2.24) is 4.72 Å². The maximum absolute atomic E-state index is 13.0. The van der Waals surface area contributed by atoms with Gasteiger partial charge in [-0.25, -0.2) is 18.0 Å². The minimum Gasteiger partial charge on any atom is -0.495 e. The molecule has 1 N–H and O–H groups in total. The lowest BCUT2D eigenvalue weighted by Gasteiger charge is -2.22. The summed E-state index contributed by atoms with van der Waals surface area (Å²) in [7, 11) is -2.58. The molecule has 2 aliphatic rings. The summed E-state index contributed by atoms with van der Waals surface area (Å²) < 4.78 is 45.0. The van der Waals surface area contributed by atoms with E-state index in [-0.39, 0.29) is 29.2 Å². The van der Waals surface area contributed by atoms with Gasteiger partial charge in [-0.05, 0) is 42.8 Å². The Bertz CT molecular complexity index is 1130. The summed E-state index contributed by atoms with van der Waals surface area (Å²) in [5.74, 6) is 0.630. The van der Waals surface area contributed by atoms with Gasteiger partial charge in [0.1, 0.15) is 19.0 Å². The Morgan fingerprint density at radius 1 is 1.00 bits per heavy atom. The first-order valence-electron chi connectivity index (χ1n) is 9.76. The maximum Gasteiger partial charge on any atom is 0.241 e. The minimum atomic E-state index is -3.97. The fourth-order valence-electron chi connectivity index (χ4n) is 3.56. The molecule has 1 atom stereocenters. The van der Waals surface area contributed by atoms with Gasteiger partial charge in [0.05, 0.1) is 17.7 Å². The average Bonchev–Trinajstić information content (AvgIpc) is 3.10. The van der Waals surface area contributed by atoms with E-state index in [9.17, 15) is 18.0 Å². The molecule has 9 nitrogen and oxygen atoms in total. The molecular formula is C21H22N2O7S. The summed E-state index contributed by atoms with van der Waals surface area (Å²) in [4.78, 5) is 25.2. The van der Waals surface area contributed by atoms with Crippen LogP contribution in [0.2, 0.25) is 0 Å². The molecule has 0 saturated carbocycles. The van der Waals surface area contributed by atoms with Crippen LogP contribution < -0.4 is 23.8 Å². The molecule has 1 saturated heterocycles. The molecule has 0 spiro atoms. The highest BCUT2D eigenvalue weighted by Gasteiger charge is 2.33. The van der Waals surface area contributed by atoms with E-state index >= 15 is 0 Å². The first-order chi connectivity index (χ1) is 14.8. The van der Waals surface area contributed by atoms with Gasteiger partial charge in [-0.1, -0.05) is 6.07 Å². The summed E-state index contributed by atoms with van der Waals surface area (Å²) >= 11 is 0.